The summed E-state index contributed by atoms with van der Waals surface area (Å²) < 4.78 is 90.1. The van der Waals surface area contributed by atoms with Crippen molar-refractivity contribution in [2.75, 3.05) is 0 Å². The van der Waals surface area contributed by atoms with Gasteiger partial charge in [0.1, 0.15) is 23.4 Å². The lowest BCUT2D eigenvalue weighted by molar-refractivity contribution is -0.304. The first kappa shape index (κ1) is 18.6. The molecular weight excluding hydrogens is 392 g/mol. The summed E-state index contributed by atoms with van der Waals surface area (Å²) >= 11 is 0. The van der Waals surface area contributed by atoms with Crippen molar-refractivity contribution in [1.82, 2.24) is 0 Å². The van der Waals surface area contributed by atoms with E-state index in [0.717, 1.165) is 24.3 Å². The molecule has 28 heavy (non-hydrogen) atoms. The second-order valence-electron chi connectivity index (χ2n) is 6.55. The molecule has 0 aromatic heterocycles. The molecule has 0 saturated heterocycles. The van der Waals surface area contributed by atoms with Gasteiger partial charge in [-0.25, -0.2) is 8.78 Å². The van der Waals surface area contributed by atoms with Crippen LogP contribution >= 0.6 is 0 Å². The molecule has 0 radical (unpaired) electrons. The lowest BCUT2D eigenvalue weighted by Gasteiger charge is -2.32. The maximum atomic E-state index is 14.5. The van der Waals surface area contributed by atoms with Crippen LogP contribution in [0.4, 0.5) is 26.3 Å². The van der Waals surface area contributed by atoms with E-state index >= 15 is 0 Å². The van der Waals surface area contributed by atoms with E-state index in [1.54, 1.807) is 6.07 Å². The lowest BCUT2D eigenvalue weighted by atomic mass is 9.93. The summed E-state index contributed by atoms with van der Waals surface area (Å²) in [5, 5.41) is 29.1. The number of aliphatic hydroxyl groups excluding tert-OH is 1. The Bertz CT molecular complexity index is 1050. The molecule has 0 saturated carbocycles. The highest BCUT2D eigenvalue weighted by Crippen LogP contribution is 2.68. The fraction of sp³-hybridized carbons (Fsp3) is 0.278. The van der Waals surface area contributed by atoms with Crippen LogP contribution in [-0.4, -0.2) is 22.3 Å². The minimum Gasteiger partial charge on any atom is -0.457 e. The number of ether oxygens (including phenoxy) is 1. The topological polar surface area (TPSA) is 73.5 Å². The van der Waals surface area contributed by atoms with E-state index < -0.39 is 58.0 Å². The zero-order valence-electron chi connectivity index (χ0n) is 13.6. The van der Waals surface area contributed by atoms with Crippen molar-refractivity contribution >= 4 is 0 Å². The lowest BCUT2D eigenvalue weighted by Crippen LogP contribution is -2.53. The van der Waals surface area contributed by atoms with Crippen LogP contribution in [0.3, 0.4) is 0 Å². The quantitative estimate of drug-likeness (QED) is 0.751. The molecule has 0 heterocycles. The van der Waals surface area contributed by atoms with Crippen molar-refractivity contribution in [2.24, 2.45) is 0 Å². The van der Waals surface area contributed by atoms with Gasteiger partial charge in [0, 0.05) is 22.8 Å². The Morgan fingerprint density at radius 1 is 1.11 bits per heavy atom. The summed E-state index contributed by atoms with van der Waals surface area (Å²) in [5.41, 5.74) is -7.40. The third-order valence-corrected chi connectivity index (χ3v) is 5.00. The minimum atomic E-state index is -5.22. The number of hydrogen-bond acceptors (Lipinski definition) is 4. The van der Waals surface area contributed by atoms with Crippen LogP contribution in [0.25, 0.3) is 0 Å². The smallest absolute Gasteiger partial charge is 0.349 e. The highest BCUT2D eigenvalue weighted by Gasteiger charge is 2.82. The van der Waals surface area contributed by atoms with Gasteiger partial charge in [-0.3, -0.25) is 0 Å². The van der Waals surface area contributed by atoms with Crippen LogP contribution in [0.2, 0.25) is 0 Å². The SMILES string of the molecule is N#Cc1cc(F)cc(Oc2ccc3c4c2[C@H](O)C(F)[C@]4(O)C(F)(F)C3(F)F)c1. The van der Waals surface area contributed by atoms with Crippen molar-refractivity contribution < 1.29 is 41.3 Å². The van der Waals surface area contributed by atoms with Gasteiger partial charge in [-0.05, 0) is 24.3 Å². The van der Waals surface area contributed by atoms with Crippen LogP contribution in [-0.2, 0) is 11.5 Å². The maximum absolute atomic E-state index is 14.5. The van der Waals surface area contributed by atoms with Gasteiger partial charge in [-0.1, -0.05) is 0 Å². The Morgan fingerprint density at radius 2 is 1.79 bits per heavy atom. The molecule has 2 aromatic carbocycles. The van der Waals surface area contributed by atoms with Crippen LogP contribution in [0.5, 0.6) is 11.5 Å². The normalized spacial score (nSPS) is 28.7. The van der Waals surface area contributed by atoms with E-state index in [1.807, 2.05) is 0 Å². The fourth-order valence-electron chi connectivity index (χ4n) is 3.72. The van der Waals surface area contributed by atoms with Gasteiger partial charge in [0.05, 0.1) is 11.6 Å². The molecule has 0 bridgehead atoms. The molecule has 146 valence electrons. The zero-order chi connectivity index (χ0) is 20.6. The fourth-order valence-corrected chi connectivity index (χ4v) is 3.72. The maximum Gasteiger partial charge on any atom is 0.349 e. The number of nitrogens with zero attached hydrogens (tertiary/aromatic N) is 1. The largest absolute Gasteiger partial charge is 0.457 e. The number of alkyl halides is 5. The monoisotopic (exact) mass is 401 g/mol. The van der Waals surface area contributed by atoms with Crippen LogP contribution < -0.4 is 4.74 Å². The van der Waals surface area contributed by atoms with Crippen molar-refractivity contribution in [1.29, 1.82) is 5.26 Å². The summed E-state index contributed by atoms with van der Waals surface area (Å²) in [7, 11) is 0. The summed E-state index contributed by atoms with van der Waals surface area (Å²) in [6, 6.07) is 5.70. The number of nitriles is 1. The van der Waals surface area contributed by atoms with E-state index in [9.17, 15) is 36.6 Å². The molecule has 0 aliphatic heterocycles. The molecule has 2 aliphatic rings. The molecule has 0 spiro atoms. The number of halogens is 6. The summed E-state index contributed by atoms with van der Waals surface area (Å²) in [5.74, 6) is -11.8. The van der Waals surface area contributed by atoms with E-state index in [1.165, 1.54) is 0 Å². The Morgan fingerprint density at radius 3 is 2.43 bits per heavy atom. The number of rotatable bonds is 2. The molecule has 4 nitrogen and oxygen atoms in total. The molecule has 2 aliphatic carbocycles. The molecular formula is C18H9F6NO3. The number of benzene rings is 2. The van der Waals surface area contributed by atoms with Crippen LogP contribution in [0.15, 0.2) is 30.3 Å². The molecule has 2 aromatic rings. The van der Waals surface area contributed by atoms with Gasteiger partial charge in [0.2, 0.25) is 0 Å². The predicted molar refractivity (Wildman–Crippen MR) is 80.2 cm³/mol. The molecule has 0 fully saturated rings. The summed E-state index contributed by atoms with van der Waals surface area (Å²) in [4.78, 5) is 0. The Hall–Kier alpha value is -2.77. The minimum absolute atomic E-state index is 0.161. The van der Waals surface area contributed by atoms with Gasteiger partial charge in [0.15, 0.2) is 11.8 Å². The van der Waals surface area contributed by atoms with Gasteiger partial charge in [-0.2, -0.15) is 22.8 Å². The molecule has 2 N–H and O–H groups in total. The van der Waals surface area contributed by atoms with Gasteiger partial charge >= 0.3 is 11.8 Å². The average molecular weight is 401 g/mol. The van der Waals surface area contributed by atoms with Crippen molar-refractivity contribution in [2.45, 2.75) is 29.7 Å². The van der Waals surface area contributed by atoms with E-state index in [2.05, 4.69) is 0 Å². The summed E-state index contributed by atoms with van der Waals surface area (Å²) in [6.45, 7) is 0. The number of hydrogen-bond donors (Lipinski definition) is 2. The highest BCUT2D eigenvalue weighted by atomic mass is 19.3. The Labute approximate surface area is 153 Å². The van der Waals surface area contributed by atoms with Gasteiger partial charge in [-0.15, -0.1) is 0 Å². The Balaban J connectivity index is 1.92. The van der Waals surface area contributed by atoms with Gasteiger partial charge < -0.3 is 14.9 Å². The average Bonchev–Trinajstić information content (AvgIpc) is 2.90. The van der Waals surface area contributed by atoms with E-state index in [-0.39, 0.29) is 11.3 Å². The van der Waals surface area contributed by atoms with Crippen LogP contribution in [0, 0.1) is 17.1 Å². The first-order valence-corrected chi connectivity index (χ1v) is 7.83. The highest BCUT2D eigenvalue weighted by molar-refractivity contribution is 5.61. The Kier molecular flexibility index (Phi) is 3.58. The first-order chi connectivity index (χ1) is 13.0. The third-order valence-electron chi connectivity index (χ3n) is 5.00. The van der Waals surface area contributed by atoms with E-state index in [0.29, 0.717) is 6.07 Å². The van der Waals surface area contributed by atoms with Crippen LogP contribution in [0.1, 0.15) is 28.4 Å². The summed E-state index contributed by atoms with van der Waals surface area (Å²) in [6.07, 6.45) is -5.54. The van der Waals surface area contributed by atoms with Gasteiger partial charge in [0.25, 0.3) is 0 Å². The molecule has 1 unspecified atom stereocenters. The molecule has 0 amide bonds. The predicted octanol–water partition coefficient (Wildman–Crippen LogP) is 3.80. The van der Waals surface area contributed by atoms with E-state index in [4.69, 9.17) is 10.00 Å². The standard InChI is InChI=1S/C18H9F6NO3/c19-8-3-7(6-25)4-9(5-8)28-11-2-1-10-13-12(11)14(26)15(20)16(13,27)18(23,24)17(10,21)22/h1-5,14-15,26-27H/t14-,15?,16-/m0/s1. The van der Waals surface area contributed by atoms with Crippen molar-refractivity contribution in [3.63, 3.8) is 0 Å². The second kappa shape index (κ2) is 5.40. The number of aliphatic hydroxyl groups is 2. The zero-order valence-corrected chi connectivity index (χ0v) is 13.6. The molecule has 4 rings (SSSR count). The first-order valence-electron chi connectivity index (χ1n) is 7.83. The van der Waals surface area contributed by atoms with Crippen molar-refractivity contribution in [3.8, 4) is 17.6 Å². The molecule has 10 heteroatoms. The molecule has 3 atom stereocenters. The van der Waals surface area contributed by atoms with Crippen molar-refractivity contribution in [3.05, 3.63) is 58.4 Å². The third kappa shape index (κ3) is 1.98. The second-order valence-corrected chi connectivity index (χ2v) is 6.55.